The van der Waals surface area contributed by atoms with Gasteiger partial charge in [-0.3, -0.25) is 0 Å². The first-order valence-electron chi connectivity index (χ1n) is 5.27. The minimum Gasteiger partial charge on any atom is -0.314 e. The molecule has 3 heteroatoms. The molecule has 1 aromatic rings. The minimum absolute atomic E-state index is 0.573. The first kappa shape index (κ1) is 11.7. The van der Waals surface area contributed by atoms with Gasteiger partial charge in [0.2, 0.25) is 0 Å². The maximum Gasteiger partial charge on any atom is 0.0931 e. The fourth-order valence-corrected chi connectivity index (χ4v) is 2.39. The van der Waals surface area contributed by atoms with Crippen molar-refractivity contribution in [3.63, 3.8) is 0 Å². The molecule has 2 unspecified atom stereocenters. The van der Waals surface area contributed by atoms with E-state index in [1.54, 1.807) is 11.3 Å². The molecule has 0 fully saturated rings. The number of nitrogens with zero attached hydrogens (tertiary/aromatic N) is 1. The van der Waals surface area contributed by atoms with Crippen molar-refractivity contribution < 1.29 is 0 Å². The molecule has 1 rings (SSSR count). The maximum absolute atomic E-state index is 4.48. The Kier molecular flexibility index (Phi) is 4.55. The number of nitrogens with one attached hydrogen (secondary N) is 1. The third-order valence-electron chi connectivity index (χ3n) is 2.54. The summed E-state index contributed by atoms with van der Waals surface area (Å²) in [6, 6.07) is 0.573. The molecule has 0 aliphatic heterocycles. The van der Waals surface area contributed by atoms with Crippen LogP contribution in [0.5, 0.6) is 0 Å². The molecule has 0 aliphatic rings. The van der Waals surface area contributed by atoms with Gasteiger partial charge in [0.25, 0.3) is 0 Å². The van der Waals surface area contributed by atoms with E-state index in [0.29, 0.717) is 12.0 Å². The fourth-order valence-electron chi connectivity index (χ4n) is 1.47. The average molecular weight is 212 g/mol. The maximum atomic E-state index is 4.48. The summed E-state index contributed by atoms with van der Waals surface area (Å²) in [5, 5.41) is 6.84. The van der Waals surface area contributed by atoms with E-state index in [2.05, 4.69) is 43.4 Å². The summed E-state index contributed by atoms with van der Waals surface area (Å²) >= 11 is 1.77. The number of thiazole rings is 1. The Morgan fingerprint density at radius 2 is 2.21 bits per heavy atom. The van der Waals surface area contributed by atoms with Gasteiger partial charge in [-0.2, -0.15) is 0 Å². The van der Waals surface area contributed by atoms with E-state index in [1.807, 2.05) is 0 Å². The van der Waals surface area contributed by atoms with Gasteiger partial charge in [0.1, 0.15) is 0 Å². The Labute approximate surface area is 90.8 Å². The highest BCUT2D eigenvalue weighted by Gasteiger charge is 2.12. The third-order valence-corrected chi connectivity index (χ3v) is 3.53. The molecule has 0 saturated carbocycles. The molecule has 80 valence electrons. The van der Waals surface area contributed by atoms with Gasteiger partial charge in [0.05, 0.1) is 5.01 Å². The second-order valence-electron chi connectivity index (χ2n) is 3.91. The molecule has 1 heterocycles. The normalized spacial score (nSPS) is 15.4. The van der Waals surface area contributed by atoms with Gasteiger partial charge in [-0.05, 0) is 26.3 Å². The van der Waals surface area contributed by atoms with E-state index in [4.69, 9.17) is 0 Å². The molecule has 0 aliphatic carbocycles. The Bertz CT molecular complexity index is 270. The van der Waals surface area contributed by atoms with Crippen LogP contribution in [0.4, 0.5) is 0 Å². The lowest BCUT2D eigenvalue weighted by molar-refractivity contribution is 0.406. The highest BCUT2D eigenvalue weighted by atomic mass is 32.1. The van der Waals surface area contributed by atoms with Crippen LogP contribution in [0.1, 0.15) is 31.5 Å². The molecule has 0 aromatic carbocycles. The highest BCUT2D eigenvalue weighted by Crippen LogP contribution is 2.15. The number of hydrogen-bond donors (Lipinski definition) is 1. The minimum atomic E-state index is 0.573. The van der Waals surface area contributed by atoms with Crippen molar-refractivity contribution in [3.8, 4) is 0 Å². The van der Waals surface area contributed by atoms with Crippen molar-refractivity contribution >= 4 is 11.3 Å². The molecule has 0 spiro atoms. The summed E-state index contributed by atoms with van der Waals surface area (Å²) in [5.74, 6) is 0.653. The zero-order chi connectivity index (χ0) is 10.6. The number of hydrogen-bond acceptors (Lipinski definition) is 3. The van der Waals surface area contributed by atoms with Crippen LogP contribution in [0, 0.1) is 12.8 Å². The highest BCUT2D eigenvalue weighted by molar-refractivity contribution is 7.09. The Hall–Kier alpha value is -0.410. The zero-order valence-electron chi connectivity index (χ0n) is 9.50. The van der Waals surface area contributed by atoms with Crippen molar-refractivity contribution in [1.29, 1.82) is 0 Å². The summed E-state index contributed by atoms with van der Waals surface area (Å²) in [6.07, 6.45) is 1.09. The van der Waals surface area contributed by atoms with Crippen molar-refractivity contribution in [2.24, 2.45) is 5.92 Å². The molecule has 0 radical (unpaired) electrons. The number of aromatic nitrogens is 1. The first-order chi connectivity index (χ1) is 6.63. The van der Waals surface area contributed by atoms with Gasteiger partial charge in [-0.15, -0.1) is 11.3 Å². The molecule has 1 aromatic heterocycles. The van der Waals surface area contributed by atoms with E-state index < -0.39 is 0 Å². The van der Waals surface area contributed by atoms with E-state index >= 15 is 0 Å². The Morgan fingerprint density at radius 3 is 2.71 bits per heavy atom. The zero-order valence-corrected chi connectivity index (χ0v) is 10.3. The van der Waals surface area contributed by atoms with Crippen LogP contribution in [0.3, 0.4) is 0 Å². The van der Waals surface area contributed by atoms with Crippen molar-refractivity contribution in [2.75, 3.05) is 6.54 Å². The summed E-state index contributed by atoms with van der Waals surface area (Å²) in [5.41, 5.74) is 1.15. The van der Waals surface area contributed by atoms with E-state index in [1.165, 1.54) is 5.01 Å². The van der Waals surface area contributed by atoms with E-state index in [0.717, 1.165) is 18.7 Å². The van der Waals surface area contributed by atoms with Crippen LogP contribution in [0.15, 0.2) is 5.38 Å². The van der Waals surface area contributed by atoms with Crippen molar-refractivity contribution in [1.82, 2.24) is 10.3 Å². The van der Waals surface area contributed by atoms with Gasteiger partial charge in [0.15, 0.2) is 0 Å². The summed E-state index contributed by atoms with van der Waals surface area (Å²) in [7, 11) is 0. The average Bonchev–Trinajstić information content (AvgIpc) is 2.51. The molecule has 0 bridgehead atoms. The van der Waals surface area contributed by atoms with Crippen LogP contribution in [-0.2, 0) is 6.42 Å². The van der Waals surface area contributed by atoms with Crippen LogP contribution < -0.4 is 5.32 Å². The number of rotatable bonds is 5. The largest absolute Gasteiger partial charge is 0.314 e. The predicted octanol–water partition coefficient (Wildman–Crippen LogP) is 2.63. The monoisotopic (exact) mass is 212 g/mol. The van der Waals surface area contributed by atoms with Gasteiger partial charge < -0.3 is 5.32 Å². The molecule has 0 amide bonds. The van der Waals surface area contributed by atoms with Gasteiger partial charge in [-0.25, -0.2) is 4.98 Å². The lowest BCUT2D eigenvalue weighted by atomic mass is 10.0. The van der Waals surface area contributed by atoms with Crippen molar-refractivity contribution in [2.45, 2.75) is 40.2 Å². The summed E-state index contributed by atoms with van der Waals surface area (Å²) < 4.78 is 0. The molecule has 1 N–H and O–H groups in total. The van der Waals surface area contributed by atoms with Crippen LogP contribution >= 0.6 is 11.3 Å². The fraction of sp³-hybridized carbons (Fsp3) is 0.727. The second kappa shape index (κ2) is 5.47. The number of aryl methyl sites for hydroxylation is 1. The predicted molar refractivity (Wildman–Crippen MR) is 62.9 cm³/mol. The SMILES string of the molecule is CCNC(C)C(C)Cc1nc(C)cs1. The Morgan fingerprint density at radius 1 is 1.50 bits per heavy atom. The third kappa shape index (κ3) is 3.39. The van der Waals surface area contributed by atoms with E-state index in [9.17, 15) is 0 Å². The molecule has 14 heavy (non-hydrogen) atoms. The first-order valence-corrected chi connectivity index (χ1v) is 6.15. The lowest BCUT2D eigenvalue weighted by Gasteiger charge is -2.19. The summed E-state index contributed by atoms with van der Waals surface area (Å²) in [6.45, 7) is 9.77. The smallest absolute Gasteiger partial charge is 0.0931 e. The topological polar surface area (TPSA) is 24.9 Å². The standard InChI is InChI=1S/C11H20N2S/c1-5-12-10(4)8(2)6-11-13-9(3)7-14-11/h7-8,10,12H,5-6H2,1-4H3. The van der Waals surface area contributed by atoms with Gasteiger partial charge in [0, 0.05) is 23.5 Å². The quantitative estimate of drug-likeness (QED) is 0.811. The molecular weight excluding hydrogens is 192 g/mol. The van der Waals surface area contributed by atoms with Crippen LogP contribution in [0.2, 0.25) is 0 Å². The van der Waals surface area contributed by atoms with Gasteiger partial charge >= 0.3 is 0 Å². The molecule has 2 atom stereocenters. The molecular formula is C11H20N2S. The second-order valence-corrected chi connectivity index (χ2v) is 4.85. The van der Waals surface area contributed by atoms with Crippen LogP contribution in [-0.4, -0.2) is 17.6 Å². The Balaban J connectivity index is 2.43. The summed E-state index contributed by atoms with van der Waals surface area (Å²) in [4.78, 5) is 4.48. The lowest BCUT2D eigenvalue weighted by Crippen LogP contribution is -2.32. The molecule has 0 saturated heterocycles. The molecule has 2 nitrogen and oxygen atoms in total. The van der Waals surface area contributed by atoms with Crippen molar-refractivity contribution in [3.05, 3.63) is 16.1 Å². The van der Waals surface area contributed by atoms with E-state index in [-0.39, 0.29) is 0 Å². The van der Waals surface area contributed by atoms with Crippen LogP contribution in [0.25, 0.3) is 0 Å². The van der Waals surface area contributed by atoms with Gasteiger partial charge in [-0.1, -0.05) is 13.8 Å².